The number of rotatable bonds is 5. The lowest BCUT2D eigenvalue weighted by Crippen LogP contribution is -1.95. The Kier molecular flexibility index (Phi) is 4.61. The second kappa shape index (κ2) is 6.23. The number of aryl methyl sites for hydroxylation is 1. The minimum absolute atomic E-state index is 0.199. The third-order valence-electron chi connectivity index (χ3n) is 2.93. The summed E-state index contributed by atoms with van der Waals surface area (Å²) in [5.74, 6) is 0.199. The average molecular weight is 292 g/mol. The van der Waals surface area contributed by atoms with Gasteiger partial charge >= 0.3 is 7.82 Å². The van der Waals surface area contributed by atoms with Crippen LogP contribution in [0.3, 0.4) is 0 Å². The molecular weight excluding hydrogens is 275 g/mol. The van der Waals surface area contributed by atoms with Gasteiger partial charge in [-0.2, -0.15) is 0 Å². The highest BCUT2D eigenvalue weighted by Crippen LogP contribution is 2.42. The number of phosphoric acid groups is 1. The second-order valence-electron chi connectivity index (χ2n) is 4.49. The van der Waals surface area contributed by atoms with E-state index in [0.717, 1.165) is 24.0 Å². The second-order valence-corrected chi connectivity index (χ2v) is 5.65. The van der Waals surface area contributed by atoms with Gasteiger partial charge in [-0.15, -0.1) is 0 Å². The molecule has 0 bridgehead atoms. The molecule has 0 aliphatic carbocycles. The van der Waals surface area contributed by atoms with Crippen LogP contribution in [0.1, 0.15) is 18.9 Å². The van der Waals surface area contributed by atoms with Gasteiger partial charge in [0.2, 0.25) is 0 Å². The lowest BCUT2D eigenvalue weighted by Gasteiger charge is -2.14. The van der Waals surface area contributed by atoms with E-state index in [9.17, 15) is 4.57 Å². The maximum Gasteiger partial charge on any atom is 0.524 e. The number of hydrogen-bond donors (Lipinski definition) is 2. The zero-order valence-electron chi connectivity index (χ0n) is 11.2. The minimum Gasteiger partial charge on any atom is -0.404 e. The van der Waals surface area contributed by atoms with E-state index in [2.05, 4.69) is 6.92 Å². The van der Waals surface area contributed by atoms with Crippen LogP contribution in [-0.4, -0.2) is 9.79 Å². The molecule has 0 spiro atoms. The Balaban J connectivity index is 2.50. The molecule has 0 atom stereocenters. The lowest BCUT2D eigenvalue weighted by molar-refractivity contribution is 0.283. The van der Waals surface area contributed by atoms with Crippen molar-refractivity contribution in [1.29, 1.82) is 0 Å². The van der Waals surface area contributed by atoms with Crippen molar-refractivity contribution in [2.45, 2.75) is 19.8 Å². The number of phosphoric ester groups is 1. The van der Waals surface area contributed by atoms with Crippen LogP contribution in [0, 0.1) is 0 Å². The van der Waals surface area contributed by atoms with E-state index >= 15 is 0 Å². The Labute approximate surface area is 118 Å². The van der Waals surface area contributed by atoms with Gasteiger partial charge in [0, 0.05) is 5.56 Å². The summed E-state index contributed by atoms with van der Waals surface area (Å²) in [5.41, 5.74) is 2.77. The molecule has 2 rings (SSSR count). The fourth-order valence-electron chi connectivity index (χ4n) is 2.17. The summed E-state index contributed by atoms with van der Waals surface area (Å²) in [6, 6.07) is 14.7. The fraction of sp³-hybridized carbons (Fsp3) is 0.200. The van der Waals surface area contributed by atoms with E-state index in [1.54, 1.807) is 18.2 Å². The summed E-state index contributed by atoms with van der Waals surface area (Å²) in [6.45, 7) is 2.09. The molecular formula is C15H17O4P. The predicted molar refractivity (Wildman–Crippen MR) is 78.5 cm³/mol. The van der Waals surface area contributed by atoms with Crippen LogP contribution in [0.2, 0.25) is 0 Å². The summed E-state index contributed by atoms with van der Waals surface area (Å²) < 4.78 is 15.9. The molecule has 2 aromatic rings. The maximum absolute atomic E-state index is 11.1. The van der Waals surface area contributed by atoms with Crippen LogP contribution in [-0.2, 0) is 11.0 Å². The SMILES string of the molecule is CCCc1ccccc1-c1ccccc1OP(=O)(O)O. The molecule has 0 saturated carbocycles. The Hall–Kier alpha value is -1.61. The first kappa shape index (κ1) is 14.8. The molecule has 0 fully saturated rings. The van der Waals surface area contributed by atoms with Crippen LogP contribution < -0.4 is 4.52 Å². The fourth-order valence-corrected chi connectivity index (χ4v) is 2.58. The predicted octanol–water partition coefficient (Wildman–Crippen LogP) is 3.78. The van der Waals surface area contributed by atoms with Crippen molar-refractivity contribution < 1.29 is 18.9 Å². The van der Waals surface area contributed by atoms with E-state index in [1.807, 2.05) is 30.3 Å². The van der Waals surface area contributed by atoms with Gasteiger partial charge in [-0.05, 0) is 23.6 Å². The van der Waals surface area contributed by atoms with Gasteiger partial charge < -0.3 is 4.52 Å². The van der Waals surface area contributed by atoms with E-state index in [4.69, 9.17) is 14.3 Å². The molecule has 4 nitrogen and oxygen atoms in total. The monoisotopic (exact) mass is 292 g/mol. The Morgan fingerprint density at radius 2 is 1.60 bits per heavy atom. The molecule has 106 valence electrons. The summed E-state index contributed by atoms with van der Waals surface area (Å²) in [5, 5.41) is 0. The molecule has 0 saturated heterocycles. The molecule has 0 unspecified atom stereocenters. The van der Waals surface area contributed by atoms with Gasteiger partial charge in [0.25, 0.3) is 0 Å². The smallest absolute Gasteiger partial charge is 0.404 e. The van der Waals surface area contributed by atoms with Crippen molar-refractivity contribution >= 4 is 7.82 Å². The van der Waals surface area contributed by atoms with Gasteiger partial charge in [0.15, 0.2) is 0 Å². The van der Waals surface area contributed by atoms with Crippen LogP contribution in [0.5, 0.6) is 5.75 Å². The molecule has 0 aliphatic heterocycles. The quantitative estimate of drug-likeness (QED) is 0.823. The largest absolute Gasteiger partial charge is 0.524 e. The number of benzene rings is 2. The lowest BCUT2D eigenvalue weighted by atomic mass is 9.96. The van der Waals surface area contributed by atoms with Gasteiger partial charge in [0.05, 0.1) is 0 Å². The van der Waals surface area contributed by atoms with Crippen LogP contribution in [0.15, 0.2) is 48.5 Å². The van der Waals surface area contributed by atoms with Crippen LogP contribution in [0.4, 0.5) is 0 Å². The third-order valence-corrected chi connectivity index (χ3v) is 3.37. The molecule has 0 amide bonds. The van der Waals surface area contributed by atoms with Crippen molar-refractivity contribution in [3.63, 3.8) is 0 Å². The number of hydrogen-bond acceptors (Lipinski definition) is 2. The zero-order chi connectivity index (χ0) is 14.6. The topological polar surface area (TPSA) is 66.8 Å². The van der Waals surface area contributed by atoms with Crippen LogP contribution in [0.25, 0.3) is 11.1 Å². The molecule has 5 heteroatoms. The van der Waals surface area contributed by atoms with Gasteiger partial charge in [-0.25, -0.2) is 4.57 Å². The van der Waals surface area contributed by atoms with Crippen molar-refractivity contribution in [3.8, 4) is 16.9 Å². The molecule has 2 aromatic carbocycles. The highest BCUT2D eigenvalue weighted by atomic mass is 31.2. The first-order chi connectivity index (χ1) is 9.51. The van der Waals surface area contributed by atoms with Crippen molar-refractivity contribution in [3.05, 3.63) is 54.1 Å². The average Bonchev–Trinajstić information content (AvgIpc) is 2.39. The molecule has 20 heavy (non-hydrogen) atoms. The Morgan fingerprint density at radius 3 is 2.25 bits per heavy atom. The molecule has 2 N–H and O–H groups in total. The number of para-hydroxylation sites is 1. The summed E-state index contributed by atoms with van der Waals surface area (Å²) in [6.07, 6.45) is 1.90. The third kappa shape index (κ3) is 3.70. The van der Waals surface area contributed by atoms with Crippen molar-refractivity contribution in [2.75, 3.05) is 0 Å². The van der Waals surface area contributed by atoms with E-state index in [0.29, 0.717) is 5.56 Å². The van der Waals surface area contributed by atoms with E-state index < -0.39 is 7.82 Å². The minimum atomic E-state index is -4.57. The van der Waals surface area contributed by atoms with Gasteiger partial charge in [0.1, 0.15) is 5.75 Å². The zero-order valence-corrected chi connectivity index (χ0v) is 12.1. The molecule has 0 heterocycles. The van der Waals surface area contributed by atoms with Gasteiger partial charge in [-0.3, -0.25) is 9.79 Å². The molecule has 0 aliphatic rings. The summed E-state index contributed by atoms with van der Waals surface area (Å²) in [7, 11) is -4.57. The first-order valence-corrected chi connectivity index (χ1v) is 7.96. The highest BCUT2D eigenvalue weighted by Gasteiger charge is 2.19. The first-order valence-electron chi connectivity index (χ1n) is 6.43. The maximum atomic E-state index is 11.1. The Morgan fingerprint density at radius 1 is 1.00 bits per heavy atom. The van der Waals surface area contributed by atoms with E-state index in [1.165, 1.54) is 0 Å². The van der Waals surface area contributed by atoms with Gasteiger partial charge in [-0.1, -0.05) is 55.8 Å². The standard InChI is InChI=1S/C15H17O4P/c1-2-7-12-8-3-4-9-13(12)14-10-5-6-11-15(14)19-20(16,17)18/h3-6,8-11H,2,7H2,1H3,(H2,16,17,18). The Bertz CT molecular complexity index is 633. The normalized spacial score (nSPS) is 11.3. The van der Waals surface area contributed by atoms with Crippen molar-refractivity contribution in [2.24, 2.45) is 0 Å². The van der Waals surface area contributed by atoms with Crippen LogP contribution >= 0.6 is 7.82 Å². The summed E-state index contributed by atoms with van der Waals surface area (Å²) in [4.78, 5) is 18.0. The molecule has 0 radical (unpaired) electrons. The van der Waals surface area contributed by atoms with Crippen molar-refractivity contribution in [1.82, 2.24) is 0 Å². The molecule has 0 aromatic heterocycles. The summed E-state index contributed by atoms with van der Waals surface area (Å²) >= 11 is 0. The van der Waals surface area contributed by atoms with E-state index in [-0.39, 0.29) is 5.75 Å². The highest BCUT2D eigenvalue weighted by molar-refractivity contribution is 7.46.